The highest BCUT2D eigenvalue weighted by atomic mass is 32.1. The summed E-state index contributed by atoms with van der Waals surface area (Å²) >= 11 is 1.55. The first-order valence-corrected chi connectivity index (χ1v) is 9.19. The van der Waals surface area contributed by atoms with E-state index in [1.54, 1.807) is 11.3 Å². The molecule has 1 fully saturated rings. The van der Waals surface area contributed by atoms with Crippen molar-refractivity contribution in [2.75, 3.05) is 32.7 Å². The van der Waals surface area contributed by atoms with Gasteiger partial charge in [-0.15, -0.1) is 11.3 Å². The average Bonchev–Trinajstić information content (AvgIpc) is 2.83. The van der Waals surface area contributed by atoms with Crippen LogP contribution in [0.2, 0.25) is 0 Å². The second kappa shape index (κ2) is 7.38. The van der Waals surface area contributed by atoms with Gasteiger partial charge in [0.25, 0.3) is 5.91 Å². The Hall–Kier alpha value is -1.20. The molecule has 0 saturated carbocycles. The number of hydrogen-bond donors (Lipinski definition) is 0. The number of nitrogens with zero attached hydrogens (tertiary/aromatic N) is 3. The van der Waals surface area contributed by atoms with E-state index in [4.69, 9.17) is 0 Å². The minimum atomic E-state index is 0.104. The van der Waals surface area contributed by atoms with Crippen molar-refractivity contribution in [3.8, 4) is 0 Å². The number of allylic oxidation sites excluding steroid dienone is 2. The van der Waals surface area contributed by atoms with Gasteiger partial charge in [0.15, 0.2) is 0 Å². The quantitative estimate of drug-likeness (QED) is 0.804. The predicted molar refractivity (Wildman–Crippen MR) is 90.3 cm³/mol. The van der Waals surface area contributed by atoms with Crippen LogP contribution in [0.25, 0.3) is 0 Å². The van der Waals surface area contributed by atoms with E-state index >= 15 is 0 Å². The van der Waals surface area contributed by atoms with E-state index in [0.717, 1.165) is 43.5 Å². The smallest absolute Gasteiger partial charge is 0.273 e. The molecule has 0 spiro atoms. The zero-order valence-corrected chi connectivity index (χ0v) is 14.1. The van der Waals surface area contributed by atoms with Gasteiger partial charge in [-0.05, 0) is 45.1 Å². The lowest BCUT2D eigenvalue weighted by atomic mass is 9.94. The molecule has 0 aromatic carbocycles. The third-order valence-electron chi connectivity index (χ3n) is 4.61. The molecule has 1 unspecified atom stereocenters. The summed E-state index contributed by atoms with van der Waals surface area (Å²) in [5.74, 6) is 0.903. The SMILES string of the molecule is Cc1nc(C(=O)N2CCCN(CC3CC=CCC3)CC2)cs1. The topological polar surface area (TPSA) is 36.4 Å². The lowest BCUT2D eigenvalue weighted by molar-refractivity contribution is 0.0755. The average molecular weight is 319 g/mol. The first-order valence-electron chi connectivity index (χ1n) is 8.31. The van der Waals surface area contributed by atoms with Crippen LogP contribution in [0.15, 0.2) is 17.5 Å². The van der Waals surface area contributed by atoms with Gasteiger partial charge in [0.1, 0.15) is 5.69 Å². The molecule has 22 heavy (non-hydrogen) atoms. The molecular weight excluding hydrogens is 294 g/mol. The fourth-order valence-corrected chi connectivity index (χ4v) is 3.95. The summed E-state index contributed by atoms with van der Waals surface area (Å²) in [6.45, 7) is 6.93. The zero-order chi connectivity index (χ0) is 15.4. The highest BCUT2D eigenvalue weighted by Crippen LogP contribution is 2.20. The van der Waals surface area contributed by atoms with Crippen LogP contribution >= 0.6 is 11.3 Å². The van der Waals surface area contributed by atoms with Crippen LogP contribution in [0.5, 0.6) is 0 Å². The van der Waals surface area contributed by atoms with Crippen LogP contribution in [0.1, 0.15) is 41.2 Å². The van der Waals surface area contributed by atoms with Crippen molar-refractivity contribution in [1.29, 1.82) is 0 Å². The highest BCUT2D eigenvalue weighted by molar-refractivity contribution is 7.09. The molecule has 1 aromatic rings. The Balaban J connectivity index is 1.53. The second-order valence-corrected chi connectivity index (χ2v) is 7.41. The molecule has 1 atom stereocenters. The molecular formula is C17H25N3OS. The van der Waals surface area contributed by atoms with Gasteiger partial charge in [0, 0.05) is 31.6 Å². The molecule has 120 valence electrons. The Morgan fingerprint density at radius 1 is 1.32 bits per heavy atom. The van der Waals surface area contributed by atoms with Crippen LogP contribution < -0.4 is 0 Å². The van der Waals surface area contributed by atoms with Gasteiger partial charge in [-0.25, -0.2) is 4.98 Å². The summed E-state index contributed by atoms with van der Waals surface area (Å²) in [5, 5.41) is 2.85. The Labute approximate surface area is 136 Å². The van der Waals surface area contributed by atoms with Crippen LogP contribution in [0.4, 0.5) is 0 Å². The maximum absolute atomic E-state index is 12.5. The summed E-state index contributed by atoms with van der Waals surface area (Å²) in [6, 6.07) is 0. The number of carbonyl (C=O) groups excluding carboxylic acids is 1. The monoisotopic (exact) mass is 319 g/mol. The van der Waals surface area contributed by atoms with Crippen LogP contribution in [-0.4, -0.2) is 53.4 Å². The minimum Gasteiger partial charge on any atom is -0.336 e. The highest BCUT2D eigenvalue weighted by Gasteiger charge is 2.23. The molecule has 2 aliphatic rings. The minimum absolute atomic E-state index is 0.104. The Morgan fingerprint density at radius 2 is 2.23 bits per heavy atom. The van der Waals surface area contributed by atoms with Gasteiger partial charge in [0.05, 0.1) is 5.01 Å². The molecule has 0 radical (unpaired) electrons. The summed E-state index contributed by atoms with van der Waals surface area (Å²) < 4.78 is 0. The third kappa shape index (κ3) is 3.96. The van der Waals surface area contributed by atoms with Gasteiger partial charge >= 0.3 is 0 Å². The summed E-state index contributed by atoms with van der Waals surface area (Å²) in [7, 11) is 0. The number of carbonyl (C=O) groups is 1. The van der Waals surface area contributed by atoms with Gasteiger partial charge in [-0.1, -0.05) is 12.2 Å². The lowest BCUT2D eigenvalue weighted by Gasteiger charge is -2.27. The van der Waals surface area contributed by atoms with Crippen molar-refractivity contribution in [2.24, 2.45) is 5.92 Å². The maximum Gasteiger partial charge on any atom is 0.273 e. The summed E-state index contributed by atoms with van der Waals surface area (Å²) in [6.07, 6.45) is 9.45. The number of aromatic nitrogens is 1. The standard InChI is InChI=1S/C17H25N3OS/c1-14-18-16(13-22-14)17(21)20-9-5-8-19(10-11-20)12-15-6-3-2-4-7-15/h2-3,13,15H,4-12H2,1H3. The van der Waals surface area contributed by atoms with Gasteiger partial charge in [-0.3, -0.25) is 4.79 Å². The Kier molecular flexibility index (Phi) is 5.26. The van der Waals surface area contributed by atoms with Crippen LogP contribution in [0.3, 0.4) is 0 Å². The van der Waals surface area contributed by atoms with Crippen molar-refractivity contribution in [3.05, 3.63) is 28.2 Å². The van der Waals surface area contributed by atoms with Gasteiger partial charge < -0.3 is 9.80 Å². The van der Waals surface area contributed by atoms with Gasteiger partial charge in [0.2, 0.25) is 0 Å². The molecule has 1 saturated heterocycles. The Morgan fingerprint density at radius 3 is 2.95 bits per heavy atom. The third-order valence-corrected chi connectivity index (χ3v) is 5.38. The maximum atomic E-state index is 12.5. The first kappa shape index (κ1) is 15.7. The molecule has 5 heteroatoms. The van der Waals surface area contributed by atoms with E-state index in [0.29, 0.717) is 5.69 Å². The second-order valence-electron chi connectivity index (χ2n) is 6.35. The van der Waals surface area contributed by atoms with Crippen molar-refractivity contribution in [1.82, 2.24) is 14.8 Å². The molecule has 1 aliphatic carbocycles. The summed E-state index contributed by atoms with van der Waals surface area (Å²) in [5.41, 5.74) is 0.619. The number of amides is 1. The van der Waals surface area contributed by atoms with E-state index in [9.17, 15) is 4.79 Å². The first-order chi connectivity index (χ1) is 10.7. The lowest BCUT2D eigenvalue weighted by Crippen LogP contribution is -2.36. The number of rotatable bonds is 3. The Bertz CT molecular complexity index is 540. The zero-order valence-electron chi connectivity index (χ0n) is 13.3. The van der Waals surface area contributed by atoms with Crippen LogP contribution in [-0.2, 0) is 0 Å². The molecule has 4 nitrogen and oxygen atoms in total. The van der Waals surface area contributed by atoms with E-state index in [2.05, 4.69) is 22.0 Å². The van der Waals surface area contributed by atoms with E-state index in [1.807, 2.05) is 17.2 Å². The van der Waals surface area contributed by atoms with Gasteiger partial charge in [-0.2, -0.15) is 0 Å². The number of hydrogen-bond acceptors (Lipinski definition) is 4. The normalized spacial score (nSPS) is 23.5. The molecule has 0 N–H and O–H groups in total. The number of thiazole rings is 1. The molecule has 2 heterocycles. The van der Waals surface area contributed by atoms with Crippen molar-refractivity contribution in [2.45, 2.75) is 32.6 Å². The van der Waals surface area contributed by atoms with E-state index in [1.165, 1.54) is 25.8 Å². The molecule has 3 rings (SSSR count). The van der Waals surface area contributed by atoms with Crippen LogP contribution in [0, 0.1) is 12.8 Å². The molecule has 1 aliphatic heterocycles. The van der Waals surface area contributed by atoms with Crippen molar-refractivity contribution >= 4 is 17.2 Å². The summed E-state index contributed by atoms with van der Waals surface area (Å²) in [4.78, 5) is 21.4. The van der Waals surface area contributed by atoms with E-state index in [-0.39, 0.29) is 5.91 Å². The number of aryl methyl sites for hydroxylation is 1. The molecule has 1 amide bonds. The van der Waals surface area contributed by atoms with E-state index < -0.39 is 0 Å². The molecule has 1 aromatic heterocycles. The van der Waals surface area contributed by atoms with Crippen molar-refractivity contribution < 1.29 is 4.79 Å². The fraction of sp³-hybridized carbons (Fsp3) is 0.647. The molecule has 0 bridgehead atoms. The fourth-order valence-electron chi connectivity index (χ4n) is 3.37. The van der Waals surface area contributed by atoms with Crippen molar-refractivity contribution in [3.63, 3.8) is 0 Å². The largest absolute Gasteiger partial charge is 0.336 e. The predicted octanol–water partition coefficient (Wildman–Crippen LogP) is 2.96.